The summed E-state index contributed by atoms with van der Waals surface area (Å²) < 4.78 is 7.00. The van der Waals surface area contributed by atoms with Gasteiger partial charge in [0.25, 0.3) is 0 Å². The average Bonchev–Trinajstić information content (AvgIpc) is 2.93. The van der Waals surface area contributed by atoms with Crippen molar-refractivity contribution in [1.82, 2.24) is 0 Å². The van der Waals surface area contributed by atoms with Crippen molar-refractivity contribution in [2.75, 3.05) is 10.6 Å². The van der Waals surface area contributed by atoms with Gasteiger partial charge in [-0.1, -0.05) is 0 Å². The molecule has 0 saturated heterocycles. The van der Waals surface area contributed by atoms with Crippen LogP contribution in [0, 0.1) is 10.7 Å². The van der Waals surface area contributed by atoms with Crippen molar-refractivity contribution in [3.05, 3.63) is 16.3 Å². The van der Waals surface area contributed by atoms with E-state index >= 15 is 0 Å². The molecule has 2 amide bonds. The Bertz CT molecular complexity index is 767. The number of Topliss-reactive ketones (excluding diaryl/α,β-unsaturated/α-hetero) is 1. The number of halogens is 3. The standard InChI is InChI=1S/C16H15I3N2O5/c1-6(22)20-14-11(17)10(12(18)15(13(14)19)21-7(2)23)16(25)26-9-5-3-4-8(9)24/h9H,3-5H2,1-2H3,(H,20,22)(H,21,23). The topological polar surface area (TPSA) is 102 Å². The van der Waals surface area contributed by atoms with Gasteiger partial charge in [-0.2, -0.15) is 0 Å². The molecule has 1 aliphatic rings. The van der Waals surface area contributed by atoms with Crippen molar-refractivity contribution >= 4 is 103 Å². The van der Waals surface area contributed by atoms with Gasteiger partial charge in [0.1, 0.15) is 0 Å². The Labute approximate surface area is 191 Å². The van der Waals surface area contributed by atoms with E-state index in [-0.39, 0.29) is 23.2 Å². The summed E-state index contributed by atoms with van der Waals surface area (Å²) in [5, 5.41) is 5.39. The third-order valence-corrected chi connectivity index (χ3v) is 6.86. The highest BCUT2D eigenvalue weighted by atomic mass is 127. The molecule has 0 aromatic heterocycles. The van der Waals surface area contributed by atoms with Gasteiger partial charge in [-0.25, -0.2) is 4.79 Å². The van der Waals surface area contributed by atoms with E-state index in [1.54, 1.807) is 0 Å². The van der Waals surface area contributed by atoms with E-state index in [9.17, 15) is 19.2 Å². The molecule has 1 unspecified atom stereocenters. The molecule has 140 valence electrons. The van der Waals surface area contributed by atoms with E-state index in [0.29, 0.717) is 41.3 Å². The van der Waals surface area contributed by atoms with Crippen molar-refractivity contribution in [1.29, 1.82) is 0 Å². The zero-order valence-electron chi connectivity index (χ0n) is 13.9. The smallest absolute Gasteiger partial charge is 0.341 e. The van der Waals surface area contributed by atoms with Crippen LogP contribution < -0.4 is 10.6 Å². The lowest BCUT2D eigenvalue weighted by molar-refractivity contribution is -0.124. The number of rotatable bonds is 4. The maximum Gasteiger partial charge on any atom is 0.341 e. The number of ketones is 1. The van der Waals surface area contributed by atoms with Crippen LogP contribution in [-0.2, 0) is 19.1 Å². The van der Waals surface area contributed by atoms with Crippen LogP contribution in [0.2, 0.25) is 0 Å². The van der Waals surface area contributed by atoms with Gasteiger partial charge in [-0.05, 0) is 80.6 Å². The molecule has 1 atom stereocenters. The molecule has 1 aromatic rings. The van der Waals surface area contributed by atoms with Crippen LogP contribution >= 0.6 is 67.8 Å². The second kappa shape index (κ2) is 9.12. The van der Waals surface area contributed by atoms with Crippen molar-refractivity contribution in [2.24, 2.45) is 0 Å². The van der Waals surface area contributed by atoms with E-state index in [0.717, 1.165) is 0 Å². The predicted molar refractivity (Wildman–Crippen MR) is 121 cm³/mol. The maximum atomic E-state index is 12.8. The average molecular weight is 696 g/mol. The molecule has 10 heteroatoms. The fourth-order valence-corrected chi connectivity index (χ4v) is 6.66. The highest BCUT2D eigenvalue weighted by Crippen LogP contribution is 2.39. The molecule has 1 fully saturated rings. The highest BCUT2D eigenvalue weighted by molar-refractivity contribution is 14.1. The molecule has 0 bridgehead atoms. The van der Waals surface area contributed by atoms with Crippen molar-refractivity contribution in [3.8, 4) is 0 Å². The number of anilines is 2. The predicted octanol–water partition coefficient (Wildman–Crippen LogP) is 3.70. The molecule has 0 aliphatic heterocycles. The van der Waals surface area contributed by atoms with Gasteiger partial charge in [0, 0.05) is 20.3 Å². The third-order valence-electron chi connectivity index (χ3n) is 3.62. The molecule has 2 rings (SSSR count). The Morgan fingerprint density at radius 3 is 1.85 bits per heavy atom. The van der Waals surface area contributed by atoms with Crippen LogP contribution in [0.5, 0.6) is 0 Å². The quantitative estimate of drug-likeness (QED) is 0.370. The Morgan fingerprint density at radius 2 is 1.46 bits per heavy atom. The van der Waals surface area contributed by atoms with Crippen molar-refractivity contribution in [2.45, 2.75) is 39.2 Å². The molecule has 0 radical (unpaired) electrons. The van der Waals surface area contributed by atoms with Gasteiger partial charge in [-0.15, -0.1) is 0 Å². The molecular weight excluding hydrogens is 681 g/mol. The van der Waals surface area contributed by atoms with E-state index in [4.69, 9.17) is 4.74 Å². The first-order chi connectivity index (χ1) is 12.1. The summed E-state index contributed by atoms with van der Waals surface area (Å²) in [7, 11) is 0. The van der Waals surface area contributed by atoms with Crippen molar-refractivity contribution in [3.63, 3.8) is 0 Å². The summed E-state index contributed by atoms with van der Waals surface area (Å²) in [6, 6.07) is 0. The summed E-state index contributed by atoms with van der Waals surface area (Å²) in [5.74, 6) is -1.34. The second-order valence-corrected chi connectivity index (χ2v) is 8.92. The van der Waals surface area contributed by atoms with E-state index < -0.39 is 12.1 Å². The summed E-state index contributed by atoms with van der Waals surface area (Å²) >= 11 is 5.93. The monoisotopic (exact) mass is 696 g/mol. The first kappa shape index (κ1) is 21.8. The Balaban J connectivity index is 2.55. The summed E-state index contributed by atoms with van der Waals surface area (Å²) in [6.45, 7) is 2.72. The van der Waals surface area contributed by atoms with E-state index in [1.165, 1.54) is 13.8 Å². The molecule has 26 heavy (non-hydrogen) atoms. The van der Waals surface area contributed by atoms with Crippen LogP contribution in [0.3, 0.4) is 0 Å². The number of hydrogen-bond acceptors (Lipinski definition) is 5. The number of benzene rings is 1. The first-order valence-electron chi connectivity index (χ1n) is 7.62. The zero-order valence-corrected chi connectivity index (χ0v) is 20.3. The van der Waals surface area contributed by atoms with Crippen LogP contribution in [0.25, 0.3) is 0 Å². The van der Waals surface area contributed by atoms with Gasteiger partial charge in [0.15, 0.2) is 11.9 Å². The molecule has 1 aromatic carbocycles. The highest BCUT2D eigenvalue weighted by Gasteiger charge is 2.32. The molecular formula is C16H15I3N2O5. The van der Waals surface area contributed by atoms with Crippen molar-refractivity contribution < 1.29 is 23.9 Å². The lowest BCUT2D eigenvalue weighted by Crippen LogP contribution is -2.25. The molecule has 0 heterocycles. The van der Waals surface area contributed by atoms with Crippen LogP contribution in [0.15, 0.2) is 0 Å². The van der Waals surface area contributed by atoms with Crippen LogP contribution in [0.4, 0.5) is 11.4 Å². The molecule has 7 nitrogen and oxygen atoms in total. The Morgan fingerprint density at radius 1 is 0.962 bits per heavy atom. The molecule has 1 aliphatic carbocycles. The van der Waals surface area contributed by atoms with E-state index in [1.807, 2.05) is 67.8 Å². The minimum atomic E-state index is -0.734. The second-order valence-electron chi connectivity index (χ2n) is 5.68. The number of carbonyl (C=O) groups excluding carboxylic acids is 4. The van der Waals surface area contributed by atoms with E-state index in [2.05, 4.69) is 10.6 Å². The number of esters is 1. The molecule has 2 N–H and O–H groups in total. The van der Waals surface area contributed by atoms with Gasteiger partial charge < -0.3 is 15.4 Å². The number of carbonyl (C=O) groups is 4. The maximum absolute atomic E-state index is 12.8. The summed E-state index contributed by atoms with van der Waals surface area (Å²) in [5.41, 5.74) is 1.07. The SMILES string of the molecule is CC(=O)Nc1c(I)c(NC(C)=O)c(I)c(C(=O)OC2CCCC2=O)c1I. The third kappa shape index (κ3) is 4.85. The summed E-state index contributed by atoms with van der Waals surface area (Å²) in [4.78, 5) is 47.7. The van der Waals surface area contributed by atoms with Gasteiger partial charge >= 0.3 is 5.97 Å². The van der Waals surface area contributed by atoms with Crippen LogP contribution in [-0.4, -0.2) is 29.7 Å². The first-order valence-corrected chi connectivity index (χ1v) is 10.9. The fourth-order valence-electron chi connectivity index (χ4n) is 2.51. The Hall–Kier alpha value is -0.510. The Kier molecular flexibility index (Phi) is 7.64. The minimum absolute atomic E-state index is 0.0851. The lowest BCUT2D eigenvalue weighted by atomic mass is 10.1. The number of nitrogens with one attached hydrogen (secondary N) is 2. The largest absolute Gasteiger partial charge is 0.451 e. The van der Waals surface area contributed by atoms with Gasteiger partial charge in [0.2, 0.25) is 11.8 Å². The molecule has 0 spiro atoms. The lowest BCUT2D eigenvalue weighted by Gasteiger charge is -2.20. The normalized spacial score (nSPS) is 16.3. The van der Waals surface area contributed by atoms with Gasteiger partial charge in [-0.3, -0.25) is 14.4 Å². The number of hydrogen-bond donors (Lipinski definition) is 2. The minimum Gasteiger partial charge on any atom is -0.451 e. The fraction of sp³-hybridized carbons (Fsp3) is 0.375. The molecule has 1 saturated carbocycles. The number of ether oxygens (including phenoxy) is 1. The zero-order chi connectivity index (χ0) is 19.6. The summed E-state index contributed by atoms with van der Waals surface area (Å²) in [6.07, 6.45) is 0.889. The number of amides is 2. The van der Waals surface area contributed by atoms with Gasteiger partial charge in [0.05, 0.1) is 27.6 Å². The van der Waals surface area contributed by atoms with Crippen LogP contribution in [0.1, 0.15) is 43.5 Å².